The van der Waals surface area contributed by atoms with Gasteiger partial charge in [-0.05, 0) is 55.2 Å². The number of benzene rings is 2. The van der Waals surface area contributed by atoms with Crippen molar-refractivity contribution in [2.45, 2.75) is 32.7 Å². The molecule has 2 atom stereocenters. The molecule has 0 bridgehead atoms. The molecule has 0 spiro atoms. The number of carbonyl (C=O) groups is 2. The Hall–Kier alpha value is -4.41. The van der Waals surface area contributed by atoms with E-state index in [9.17, 15) is 9.59 Å². The summed E-state index contributed by atoms with van der Waals surface area (Å²) in [7, 11) is 0. The fourth-order valence-electron chi connectivity index (χ4n) is 3.65. The highest BCUT2D eigenvalue weighted by Gasteiger charge is 2.22. The lowest BCUT2D eigenvalue weighted by molar-refractivity contribution is -0.118. The third-order valence-electron chi connectivity index (χ3n) is 5.55. The van der Waals surface area contributed by atoms with Gasteiger partial charge in [-0.15, -0.1) is 0 Å². The van der Waals surface area contributed by atoms with Gasteiger partial charge in [0.05, 0.1) is 17.3 Å². The fourth-order valence-corrected chi connectivity index (χ4v) is 3.65. The molecular formula is C29H29N5O2. The van der Waals surface area contributed by atoms with Crippen LogP contribution < -0.4 is 10.6 Å². The molecule has 182 valence electrons. The molecule has 2 aromatic carbocycles. The van der Waals surface area contributed by atoms with Crippen LogP contribution in [0.25, 0.3) is 5.70 Å². The van der Waals surface area contributed by atoms with Crippen molar-refractivity contribution in [1.29, 1.82) is 5.26 Å². The maximum absolute atomic E-state index is 13.3. The molecule has 2 unspecified atom stereocenters. The summed E-state index contributed by atoms with van der Waals surface area (Å²) in [6.07, 6.45) is 4.63. The van der Waals surface area contributed by atoms with E-state index in [0.717, 1.165) is 11.1 Å². The molecule has 0 saturated carbocycles. The Morgan fingerprint density at radius 1 is 1.06 bits per heavy atom. The second-order valence-electron chi connectivity index (χ2n) is 8.34. The molecule has 1 amide bonds. The minimum Gasteiger partial charge on any atom is -0.309 e. The molecular weight excluding hydrogens is 450 g/mol. The van der Waals surface area contributed by atoms with Crippen molar-refractivity contribution in [3.63, 3.8) is 0 Å². The summed E-state index contributed by atoms with van der Waals surface area (Å²) in [6, 6.07) is 22.0. The van der Waals surface area contributed by atoms with E-state index in [4.69, 9.17) is 5.26 Å². The molecule has 0 saturated heterocycles. The number of ketones is 1. The van der Waals surface area contributed by atoms with Crippen LogP contribution in [-0.2, 0) is 9.59 Å². The maximum Gasteiger partial charge on any atom is 0.247 e. The highest BCUT2D eigenvalue weighted by molar-refractivity contribution is 5.96. The topological polar surface area (TPSA) is 107 Å². The van der Waals surface area contributed by atoms with Gasteiger partial charge in [-0.3, -0.25) is 14.6 Å². The monoisotopic (exact) mass is 479 g/mol. The zero-order valence-electron chi connectivity index (χ0n) is 20.6. The maximum atomic E-state index is 13.3. The van der Waals surface area contributed by atoms with Crippen molar-refractivity contribution in [2.75, 3.05) is 11.9 Å². The summed E-state index contributed by atoms with van der Waals surface area (Å²) in [4.78, 5) is 33.4. The van der Waals surface area contributed by atoms with Crippen molar-refractivity contribution in [2.24, 2.45) is 4.99 Å². The third kappa shape index (κ3) is 7.29. The normalized spacial score (nSPS) is 13.1. The highest BCUT2D eigenvalue weighted by atomic mass is 16.2. The number of allylic oxidation sites excluding steroid dienone is 1. The van der Waals surface area contributed by atoms with Crippen LogP contribution in [0.2, 0.25) is 0 Å². The summed E-state index contributed by atoms with van der Waals surface area (Å²) < 4.78 is 0. The van der Waals surface area contributed by atoms with Gasteiger partial charge in [-0.1, -0.05) is 49.4 Å². The predicted molar refractivity (Wildman–Crippen MR) is 142 cm³/mol. The van der Waals surface area contributed by atoms with Crippen LogP contribution >= 0.6 is 0 Å². The van der Waals surface area contributed by atoms with E-state index >= 15 is 0 Å². The Balaban J connectivity index is 1.74. The average Bonchev–Trinajstić information content (AvgIpc) is 2.89. The second-order valence-corrected chi connectivity index (χ2v) is 8.34. The van der Waals surface area contributed by atoms with Gasteiger partial charge < -0.3 is 10.6 Å². The zero-order chi connectivity index (χ0) is 25.9. The Morgan fingerprint density at radius 3 is 2.36 bits per heavy atom. The first-order chi connectivity index (χ1) is 17.4. The minimum absolute atomic E-state index is 0.111. The summed E-state index contributed by atoms with van der Waals surface area (Å²) in [5.74, 6) is 0.175. The first-order valence-corrected chi connectivity index (χ1v) is 11.7. The molecule has 7 heteroatoms. The van der Waals surface area contributed by atoms with Crippen molar-refractivity contribution >= 4 is 29.4 Å². The Kier molecular flexibility index (Phi) is 9.38. The number of pyridine rings is 1. The van der Waals surface area contributed by atoms with Gasteiger partial charge in [0.15, 0.2) is 5.78 Å². The van der Waals surface area contributed by atoms with Crippen LogP contribution in [0.5, 0.6) is 0 Å². The lowest BCUT2D eigenvalue weighted by atomic mass is 9.98. The smallest absolute Gasteiger partial charge is 0.247 e. The minimum atomic E-state index is -0.591. The number of nitrogens with zero attached hydrogens (tertiary/aromatic N) is 3. The van der Waals surface area contributed by atoms with Crippen LogP contribution in [0.1, 0.15) is 55.0 Å². The van der Waals surface area contributed by atoms with E-state index in [-0.39, 0.29) is 17.6 Å². The third-order valence-corrected chi connectivity index (χ3v) is 5.55. The summed E-state index contributed by atoms with van der Waals surface area (Å²) in [5, 5.41) is 15.3. The van der Waals surface area contributed by atoms with Gasteiger partial charge in [-0.25, -0.2) is 4.98 Å². The number of aromatic nitrogens is 1. The van der Waals surface area contributed by atoms with E-state index < -0.39 is 6.04 Å². The summed E-state index contributed by atoms with van der Waals surface area (Å²) >= 11 is 0. The van der Waals surface area contributed by atoms with E-state index in [1.165, 1.54) is 13.0 Å². The first kappa shape index (κ1) is 26.2. The second kappa shape index (κ2) is 12.9. The fraction of sp³-hybridized carbons (Fsp3) is 0.207. The van der Waals surface area contributed by atoms with Gasteiger partial charge in [0.25, 0.3) is 0 Å². The largest absolute Gasteiger partial charge is 0.309 e. The number of nitrogens with one attached hydrogen (secondary N) is 2. The van der Waals surface area contributed by atoms with Gasteiger partial charge >= 0.3 is 0 Å². The average molecular weight is 480 g/mol. The van der Waals surface area contributed by atoms with E-state index in [2.05, 4.69) is 33.6 Å². The lowest BCUT2D eigenvalue weighted by Gasteiger charge is -2.21. The number of aliphatic imine (C=N–C) groups is 1. The Morgan fingerprint density at radius 2 is 1.78 bits per heavy atom. The molecule has 7 nitrogen and oxygen atoms in total. The van der Waals surface area contributed by atoms with E-state index in [1.807, 2.05) is 42.5 Å². The zero-order valence-corrected chi connectivity index (χ0v) is 20.6. The quantitative estimate of drug-likeness (QED) is 0.313. The molecule has 2 N–H and O–H groups in total. The Bertz CT molecular complexity index is 1270. The molecule has 3 rings (SSSR count). The predicted octanol–water partition coefficient (Wildman–Crippen LogP) is 5.05. The van der Waals surface area contributed by atoms with Crippen LogP contribution in [-0.4, -0.2) is 29.4 Å². The van der Waals surface area contributed by atoms with Gasteiger partial charge in [0, 0.05) is 30.6 Å². The molecule has 0 aliphatic heterocycles. The number of anilines is 1. The lowest BCUT2D eigenvalue weighted by Crippen LogP contribution is -2.35. The SMILES string of the molecule is CC=N/C(=C\C(C)=O)c1ccc(NC(=O)C(NCC(C)c2ccc(C#N)cc2)c2ccccc2)nc1. The number of rotatable bonds is 10. The van der Waals surface area contributed by atoms with Gasteiger partial charge in [0.1, 0.15) is 11.9 Å². The number of hydrogen-bond acceptors (Lipinski definition) is 6. The van der Waals surface area contributed by atoms with Gasteiger partial charge in [0.2, 0.25) is 5.91 Å². The van der Waals surface area contributed by atoms with Crippen LogP contribution in [0, 0.1) is 11.3 Å². The van der Waals surface area contributed by atoms with E-state index in [0.29, 0.717) is 29.2 Å². The van der Waals surface area contributed by atoms with E-state index in [1.54, 1.807) is 43.6 Å². The van der Waals surface area contributed by atoms with Crippen molar-refractivity contribution in [1.82, 2.24) is 10.3 Å². The summed E-state index contributed by atoms with van der Waals surface area (Å²) in [6.45, 7) is 5.86. The highest BCUT2D eigenvalue weighted by Crippen LogP contribution is 2.21. The number of nitriles is 1. The molecule has 0 aliphatic rings. The number of hydrogen-bond donors (Lipinski definition) is 2. The van der Waals surface area contributed by atoms with Gasteiger partial charge in [-0.2, -0.15) is 5.26 Å². The number of amides is 1. The molecule has 36 heavy (non-hydrogen) atoms. The van der Waals surface area contributed by atoms with Crippen molar-refractivity contribution in [3.05, 3.63) is 101 Å². The van der Waals surface area contributed by atoms with Crippen LogP contribution in [0.3, 0.4) is 0 Å². The molecule has 1 heterocycles. The van der Waals surface area contributed by atoms with Crippen molar-refractivity contribution < 1.29 is 9.59 Å². The molecule has 0 radical (unpaired) electrons. The van der Waals surface area contributed by atoms with Crippen molar-refractivity contribution in [3.8, 4) is 6.07 Å². The molecule has 1 aromatic heterocycles. The first-order valence-electron chi connectivity index (χ1n) is 11.7. The molecule has 0 aliphatic carbocycles. The molecule has 0 fully saturated rings. The van der Waals surface area contributed by atoms with Crippen LogP contribution in [0.4, 0.5) is 5.82 Å². The molecule has 3 aromatic rings. The Labute approximate surface area is 211 Å². The standard InChI is InChI=1S/C29H29N5O2/c1-4-31-26(16-21(3)35)25-14-15-27(32-19-25)34-29(36)28(24-8-6-5-7-9-24)33-18-20(2)23-12-10-22(17-30)11-13-23/h4-16,19-20,28,33H,18H2,1-3H3,(H,32,34,36)/b26-16-,31-4?. The van der Waals surface area contributed by atoms with Crippen LogP contribution in [0.15, 0.2) is 84.0 Å². The summed E-state index contributed by atoms with van der Waals surface area (Å²) in [5.41, 5.74) is 3.72. The number of carbonyl (C=O) groups excluding carboxylic acids is 2.